The lowest BCUT2D eigenvalue weighted by Gasteiger charge is -2.22. The summed E-state index contributed by atoms with van der Waals surface area (Å²) in [5.74, 6) is 1.32. The van der Waals surface area contributed by atoms with Crippen LogP contribution in [0.3, 0.4) is 0 Å². The van der Waals surface area contributed by atoms with E-state index in [1.54, 1.807) is 41.6 Å². The van der Waals surface area contributed by atoms with Crippen molar-refractivity contribution in [1.82, 2.24) is 25.2 Å². The van der Waals surface area contributed by atoms with Gasteiger partial charge in [-0.3, -0.25) is 9.36 Å². The number of carbonyl (C=O) groups excluding carboxylic acids is 1. The number of aromatic nitrogens is 3. The van der Waals surface area contributed by atoms with Crippen molar-refractivity contribution in [1.29, 1.82) is 0 Å². The summed E-state index contributed by atoms with van der Waals surface area (Å²) in [6.07, 6.45) is 10.3. The smallest absolute Gasteiger partial charge is 0.251 e. The maximum Gasteiger partial charge on any atom is 0.251 e. The molecule has 3 heterocycles. The van der Waals surface area contributed by atoms with Crippen LogP contribution >= 0.6 is 0 Å². The van der Waals surface area contributed by atoms with Crippen molar-refractivity contribution in [2.45, 2.75) is 19.3 Å². The summed E-state index contributed by atoms with van der Waals surface area (Å²) in [5, 5.41) is 6.40. The lowest BCUT2D eigenvalue weighted by molar-refractivity contribution is 0.0950. The Hall–Kier alpha value is -2.21. The van der Waals surface area contributed by atoms with Crippen molar-refractivity contribution in [2.24, 2.45) is 5.92 Å². The number of piperidine rings is 1. The van der Waals surface area contributed by atoms with Crippen LogP contribution < -0.4 is 10.6 Å². The Morgan fingerprint density at radius 1 is 1.45 bits per heavy atom. The summed E-state index contributed by atoms with van der Waals surface area (Å²) in [6, 6.07) is 3.51. The van der Waals surface area contributed by atoms with Crippen molar-refractivity contribution in [3.05, 3.63) is 42.6 Å². The molecule has 1 saturated heterocycles. The van der Waals surface area contributed by atoms with E-state index >= 15 is 0 Å². The monoisotopic (exact) mass is 299 g/mol. The number of pyridine rings is 1. The van der Waals surface area contributed by atoms with E-state index in [-0.39, 0.29) is 5.91 Å². The van der Waals surface area contributed by atoms with Crippen LogP contribution in [-0.4, -0.2) is 40.1 Å². The van der Waals surface area contributed by atoms with E-state index in [1.807, 2.05) is 0 Å². The fourth-order valence-electron chi connectivity index (χ4n) is 2.76. The predicted molar refractivity (Wildman–Crippen MR) is 83.9 cm³/mol. The van der Waals surface area contributed by atoms with Gasteiger partial charge in [0.05, 0.1) is 0 Å². The first-order valence-electron chi connectivity index (χ1n) is 7.76. The average Bonchev–Trinajstić information content (AvgIpc) is 3.10. The lowest BCUT2D eigenvalue weighted by Crippen LogP contribution is -2.33. The summed E-state index contributed by atoms with van der Waals surface area (Å²) in [4.78, 5) is 20.5. The zero-order valence-corrected chi connectivity index (χ0v) is 12.5. The Morgan fingerprint density at radius 3 is 3.18 bits per heavy atom. The van der Waals surface area contributed by atoms with Crippen LogP contribution in [-0.2, 0) is 0 Å². The summed E-state index contributed by atoms with van der Waals surface area (Å²) in [5.41, 5.74) is 0.625. The Morgan fingerprint density at radius 2 is 2.41 bits per heavy atom. The van der Waals surface area contributed by atoms with Crippen LogP contribution in [0.2, 0.25) is 0 Å². The highest BCUT2D eigenvalue weighted by molar-refractivity contribution is 5.94. The molecule has 1 atom stereocenters. The van der Waals surface area contributed by atoms with E-state index in [9.17, 15) is 4.79 Å². The molecular formula is C16H21N5O. The van der Waals surface area contributed by atoms with Crippen LogP contribution in [0.4, 0.5) is 0 Å². The Labute approximate surface area is 130 Å². The molecule has 0 aromatic carbocycles. The van der Waals surface area contributed by atoms with Crippen LogP contribution in [0, 0.1) is 5.92 Å². The fourth-order valence-corrected chi connectivity index (χ4v) is 2.76. The zero-order chi connectivity index (χ0) is 15.2. The largest absolute Gasteiger partial charge is 0.352 e. The van der Waals surface area contributed by atoms with Crippen LogP contribution in [0.25, 0.3) is 5.82 Å². The van der Waals surface area contributed by atoms with Gasteiger partial charge in [-0.15, -0.1) is 0 Å². The third-order valence-corrected chi connectivity index (χ3v) is 4.01. The van der Waals surface area contributed by atoms with Crippen LogP contribution in [0.1, 0.15) is 29.6 Å². The molecular weight excluding hydrogens is 278 g/mol. The number of hydrogen-bond acceptors (Lipinski definition) is 4. The molecule has 2 aromatic heterocycles. The molecule has 116 valence electrons. The molecule has 22 heavy (non-hydrogen) atoms. The number of amides is 1. The third-order valence-electron chi connectivity index (χ3n) is 4.01. The van der Waals surface area contributed by atoms with Gasteiger partial charge in [0.15, 0.2) is 0 Å². The first-order chi connectivity index (χ1) is 10.8. The molecule has 2 N–H and O–H groups in total. The summed E-state index contributed by atoms with van der Waals surface area (Å²) in [6.45, 7) is 2.90. The highest BCUT2D eigenvalue weighted by atomic mass is 16.1. The summed E-state index contributed by atoms with van der Waals surface area (Å²) < 4.78 is 1.78. The number of rotatable bonds is 5. The van der Waals surface area contributed by atoms with E-state index in [0.717, 1.165) is 19.5 Å². The Balaban J connectivity index is 1.54. The van der Waals surface area contributed by atoms with Crippen molar-refractivity contribution in [3.8, 4) is 5.82 Å². The van der Waals surface area contributed by atoms with Gasteiger partial charge in [-0.1, -0.05) is 0 Å². The second-order valence-corrected chi connectivity index (χ2v) is 5.63. The molecule has 0 radical (unpaired) electrons. The van der Waals surface area contributed by atoms with Crippen molar-refractivity contribution in [3.63, 3.8) is 0 Å². The molecule has 1 aliphatic heterocycles. The highest BCUT2D eigenvalue weighted by Gasteiger charge is 2.13. The second-order valence-electron chi connectivity index (χ2n) is 5.63. The van der Waals surface area contributed by atoms with E-state index in [2.05, 4.69) is 20.6 Å². The maximum atomic E-state index is 12.2. The first kappa shape index (κ1) is 14.7. The third kappa shape index (κ3) is 3.71. The van der Waals surface area contributed by atoms with Gasteiger partial charge in [-0.25, -0.2) is 9.97 Å². The second kappa shape index (κ2) is 7.17. The van der Waals surface area contributed by atoms with Gasteiger partial charge in [0.1, 0.15) is 12.1 Å². The molecule has 6 nitrogen and oxygen atoms in total. The van der Waals surface area contributed by atoms with Gasteiger partial charge in [0.2, 0.25) is 0 Å². The number of nitrogens with one attached hydrogen (secondary N) is 2. The van der Waals surface area contributed by atoms with Crippen molar-refractivity contribution in [2.75, 3.05) is 19.6 Å². The average molecular weight is 299 g/mol. The maximum absolute atomic E-state index is 12.2. The van der Waals surface area contributed by atoms with Gasteiger partial charge >= 0.3 is 0 Å². The zero-order valence-electron chi connectivity index (χ0n) is 12.5. The molecule has 0 spiro atoms. The standard InChI is InChI=1S/C16H21N5O/c22-16(20-6-3-13-2-1-5-17-11-13)14-4-7-19-15(10-14)21-9-8-18-12-21/h4,7-10,12-13,17H,1-3,5-6,11H2,(H,20,22). The number of hydrogen-bond donors (Lipinski definition) is 2. The van der Waals surface area contributed by atoms with Gasteiger partial charge < -0.3 is 10.6 Å². The minimum atomic E-state index is -0.0486. The van der Waals surface area contributed by atoms with Gasteiger partial charge in [-0.2, -0.15) is 0 Å². The van der Waals surface area contributed by atoms with Gasteiger partial charge in [0, 0.05) is 30.7 Å². The van der Waals surface area contributed by atoms with Crippen LogP contribution in [0.5, 0.6) is 0 Å². The molecule has 2 aromatic rings. The van der Waals surface area contributed by atoms with E-state index in [0.29, 0.717) is 23.8 Å². The van der Waals surface area contributed by atoms with Gasteiger partial charge in [-0.05, 0) is 50.4 Å². The quantitative estimate of drug-likeness (QED) is 0.875. The topological polar surface area (TPSA) is 71.8 Å². The normalized spacial score (nSPS) is 18.1. The van der Waals surface area contributed by atoms with Crippen LogP contribution in [0.15, 0.2) is 37.1 Å². The number of imidazole rings is 1. The highest BCUT2D eigenvalue weighted by Crippen LogP contribution is 2.13. The molecule has 1 fully saturated rings. The lowest BCUT2D eigenvalue weighted by atomic mass is 9.96. The number of carbonyl (C=O) groups is 1. The van der Waals surface area contributed by atoms with Gasteiger partial charge in [0.25, 0.3) is 5.91 Å². The summed E-state index contributed by atoms with van der Waals surface area (Å²) >= 11 is 0. The van der Waals surface area contributed by atoms with E-state index in [1.165, 1.54) is 12.8 Å². The predicted octanol–water partition coefficient (Wildman–Crippen LogP) is 1.39. The van der Waals surface area contributed by atoms with Crippen molar-refractivity contribution >= 4 is 5.91 Å². The van der Waals surface area contributed by atoms with Crippen molar-refractivity contribution < 1.29 is 4.79 Å². The molecule has 6 heteroatoms. The molecule has 1 amide bonds. The minimum absolute atomic E-state index is 0.0486. The fraction of sp³-hybridized carbons (Fsp3) is 0.438. The molecule has 3 rings (SSSR count). The number of nitrogens with zero attached hydrogens (tertiary/aromatic N) is 3. The molecule has 0 aliphatic carbocycles. The molecule has 0 bridgehead atoms. The first-order valence-corrected chi connectivity index (χ1v) is 7.76. The molecule has 1 aliphatic rings. The summed E-state index contributed by atoms with van der Waals surface area (Å²) in [7, 11) is 0. The Kier molecular flexibility index (Phi) is 4.80. The minimum Gasteiger partial charge on any atom is -0.352 e. The van der Waals surface area contributed by atoms with E-state index in [4.69, 9.17) is 0 Å². The molecule has 0 saturated carbocycles. The SMILES string of the molecule is O=C(NCCC1CCCNC1)c1ccnc(-n2ccnc2)c1. The molecule has 1 unspecified atom stereocenters. The van der Waals surface area contributed by atoms with E-state index < -0.39 is 0 Å². The Bertz CT molecular complexity index is 605.